The number of imide groups is 1. The van der Waals surface area contributed by atoms with Crippen molar-refractivity contribution in [3.05, 3.63) is 29.8 Å². The van der Waals surface area contributed by atoms with Crippen LogP contribution >= 0.6 is 0 Å². The molecule has 7 heteroatoms. The van der Waals surface area contributed by atoms with E-state index in [0.29, 0.717) is 13.0 Å². The molecular formula is C22H27N3O4. The van der Waals surface area contributed by atoms with Crippen molar-refractivity contribution in [1.29, 1.82) is 0 Å². The maximum absolute atomic E-state index is 12.5. The highest BCUT2D eigenvalue weighted by Gasteiger charge is 2.47. The van der Waals surface area contributed by atoms with Crippen LogP contribution < -0.4 is 10.2 Å². The summed E-state index contributed by atoms with van der Waals surface area (Å²) in [6.45, 7) is 1.29. The van der Waals surface area contributed by atoms with Gasteiger partial charge in [-0.1, -0.05) is 25.0 Å². The van der Waals surface area contributed by atoms with Gasteiger partial charge in [-0.2, -0.15) is 0 Å². The van der Waals surface area contributed by atoms with Gasteiger partial charge in [0.15, 0.2) is 0 Å². The molecular weight excluding hydrogens is 370 g/mol. The summed E-state index contributed by atoms with van der Waals surface area (Å²) in [6, 6.07) is 7.60. The summed E-state index contributed by atoms with van der Waals surface area (Å²) in [5.74, 6) is -0.559. The molecule has 2 aliphatic heterocycles. The Morgan fingerprint density at radius 2 is 1.62 bits per heavy atom. The Morgan fingerprint density at radius 3 is 2.21 bits per heavy atom. The standard InChI is InChI=1S/C22H27N3O4/c26-19(11-13-25-21(28)17-4-1-2-5-18(17)22(25)29)23-14-15-7-9-16(10-8-15)24-12-3-6-20(24)27/h7-10,17-18H,1-6,11-14H2,(H,23,26). The lowest BCUT2D eigenvalue weighted by Gasteiger charge is -2.19. The molecule has 1 aromatic carbocycles. The monoisotopic (exact) mass is 397 g/mol. The molecule has 4 amide bonds. The summed E-state index contributed by atoms with van der Waals surface area (Å²) in [6.07, 6.45) is 5.19. The molecule has 1 saturated carbocycles. The molecule has 0 radical (unpaired) electrons. The van der Waals surface area contributed by atoms with Crippen molar-refractivity contribution in [2.24, 2.45) is 11.8 Å². The second-order valence-corrected chi connectivity index (χ2v) is 8.17. The SMILES string of the molecule is O=C(CCN1C(=O)C2CCCCC2C1=O)NCc1ccc(N2CCCC2=O)cc1. The number of likely N-dealkylation sites (tertiary alicyclic amines) is 1. The highest BCUT2D eigenvalue weighted by Crippen LogP contribution is 2.37. The first-order valence-corrected chi connectivity index (χ1v) is 10.6. The number of anilines is 1. The third-order valence-electron chi connectivity index (χ3n) is 6.31. The molecule has 0 spiro atoms. The van der Waals surface area contributed by atoms with E-state index in [1.54, 1.807) is 4.90 Å². The van der Waals surface area contributed by atoms with Crippen LogP contribution in [0.5, 0.6) is 0 Å². The minimum atomic E-state index is -0.181. The minimum absolute atomic E-state index is 0.0976. The molecule has 0 bridgehead atoms. The van der Waals surface area contributed by atoms with Crippen molar-refractivity contribution >= 4 is 29.3 Å². The molecule has 3 fully saturated rings. The first-order valence-electron chi connectivity index (χ1n) is 10.6. The smallest absolute Gasteiger partial charge is 0.233 e. The number of fused-ring (bicyclic) bond motifs is 1. The van der Waals surface area contributed by atoms with Gasteiger partial charge in [0.05, 0.1) is 11.8 Å². The molecule has 2 heterocycles. The number of rotatable bonds is 6. The van der Waals surface area contributed by atoms with Crippen molar-refractivity contribution in [1.82, 2.24) is 10.2 Å². The Labute approximate surface area is 170 Å². The van der Waals surface area contributed by atoms with Gasteiger partial charge >= 0.3 is 0 Å². The highest BCUT2D eigenvalue weighted by molar-refractivity contribution is 6.05. The second-order valence-electron chi connectivity index (χ2n) is 8.17. The number of benzene rings is 1. The van der Waals surface area contributed by atoms with E-state index in [1.807, 2.05) is 24.3 Å². The molecule has 29 heavy (non-hydrogen) atoms. The lowest BCUT2D eigenvalue weighted by molar-refractivity contribution is -0.140. The van der Waals surface area contributed by atoms with E-state index in [2.05, 4.69) is 5.32 Å². The number of hydrogen-bond donors (Lipinski definition) is 1. The molecule has 0 aromatic heterocycles. The maximum atomic E-state index is 12.5. The molecule has 2 unspecified atom stereocenters. The van der Waals surface area contributed by atoms with Gasteiger partial charge in [0, 0.05) is 38.2 Å². The quantitative estimate of drug-likeness (QED) is 0.744. The van der Waals surface area contributed by atoms with Gasteiger partial charge in [0.25, 0.3) is 0 Å². The molecule has 154 valence electrons. The molecule has 1 N–H and O–H groups in total. The van der Waals surface area contributed by atoms with E-state index >= 15 is 0 Å². The van der Waals surface area contributed by atoms with Crippen LogP contribution in [0.25, 0.3) is 0 Å². The van der Waals surface area contributed by atoms with Crippen molar-refractivity contribution in [2.75, 3.05) is 18.0 Å². The molecule has 1 aromatic rings. The van der Waals surface area contributed by atoms with Gasteiger partial charge in [-0.05, 0) is 37.0 Å². The number of carbonyl (C=O) groups excluding carboxylic acids is 4. The topological polar surface area (TPSA) is 86.8 Å². The zero-order valence-electron chi connectivity index (χ0n) is 16.6. The van der Waals surface area contributed by atoms with Crippen LogP contribution in [0.2, 0.25) is 0 Å². The van der Waals surface area contributed by atoms with Crippen molar-refractivity contribution in [3.8, 4) is 0 Å². The summed E-state index contributed by atoms with van der Waals surface area (Å²) in [4.78, 5) is 52.0. The fourth-order valence-corrected chi connectivity index (χ4v) is 4.67. The number of nitrogens with one attached hydrogen (secondary N) is 1. The molecule has 2 saturated heterocycles. The van der Waals surface area contributed by atoms with Crippen LogP contribution in [0.1, 0.15) is 50.5 Å². The Bertz CT molecular complexity index is 796. The van der Waals surface area contributed by atoms with Crippen LogP contribution in [0.15, 0.2) is 24.3 Å². The van der Waals surface area contributed by atoms with Crippen LogP contribution in [0.3, 0.4) is 0 Å². The van der Waals surface area contributed by atoms with Crippen molar-refractivity contribution in [3.63, 3.8) is 0 Å². The Kier molecular flexibility index (Phi) is 5.65. The van der Waals surface area contributed by atoms with Crippen LogP contribution in [-0.4, -0.2) is 41.6 Å². The predicted octanol–water partition coefficient (Wildman–Crippen LogP) is 1.99. The number of amides is 4. The van der Waals surface area contributed by atoms with Gasteiger partial charge in [-0.15, -0.1) is 0 Å². The Hall–Kier alpha value is -2.70. The van der Waals surface area contributed by atoms with Gasteiger partial charge in [-0.25, -0.2) is 0 Å². The normalized spacial score (nSPS) is 24.2. The molecule has 3 aliphatic rings. The average molecular weight is 397 g/mol. The summed E-state index contributed by atoms with van der Waals surface area (Å²) < 4.78 is 0. The van der Waals surface area contributed by atoms with E-state index in [-0.39, 0.29) is 48.4 Å². The minimum Gasteiger partial charge on any atom is -0.352 e. The fraction of sp³-hybridized carbons (Fsp3) is 0.545. The summed E-state index contributed by atoms with van der Waals surface area (Å²) in [5.41, 5.74) is 1.82. The third-order valence-corrected chi connectivity index (χ3v) is 6.31. The van der Waals surface area contributed by atoms with Crippen LogP contribution in [-0.2, 0) is 25.7 Å². The Morgan fingerprint density at radius 1 is 0.966 bits per heavy atom. The average Bonchev–Trinajstić information content (AvgIpc) is 3.27. The Balaban J connectivity index is 1.24. The number of nitrogens with zero attached hydrogens (tertiary/aromatic N) is 2. The fourth-order valence-electron chi connectivity index (χ4n) is 4.67. The number of carbonyl (C=O) groups is 4. The first-order chi connectivity index (χ1) is 14.0. The largest absolute Gasteiger partial charge is 0.352 e. The van der Waals surface area contributed by atoms with E-state index in [1.165, 1.54) is 4.90 Å². The molecule has 1 aliphatic carbocycles. The lowest BCUT2D eigenvalue weighted by atomic mass is 9.81. The maximum Gasteiger partial charge on any atom is 0.233 e. The van der Waals surface area contributed by atoms with Gasteiger partial charge in [-0.3, -0.25) is 24.1 Å². The van der Waals surface area contributed by atoms with Gasteiger partial charge in [0.1, 0.15) is 0 Å². The summed E-state index contributed by atoms with van der Waals surface area (Å²) >= 11 is 0. The lowest BCUT2D eigenvalue weighted by Crippen LogP contribution is -2.35. The number of hydrogen-bond acceptors (Lipinski definition) is 4. The van der Waals surface area contributed by atoms with Crippen LogP contribution in [0, 0.1) is 11.8 Å². The molecule has 2 atom stereocenters. The molecule has 4 rings (SSSR count). The van der Waals surface area contributed by atoms with Gasteiger partial charge < -0.3 is 10.2 Å². The zero-order valence-corrected chi connectivity index (χ0v) is 16.6. The zero-order chi connectivity index (χ0) is 20.4. The van der Waals surface area contributed by atoms with E-state index in [4.69, 9.17) is 0 Å². The van der Waals surface area contributed by atoms with E-state index < -0.39 is 0 Å². The predicted molar refractivity (Wildman–Crippen MR) is 107 cm³/mol. The van der Waals surface area contributed by atoms with Gasteiger partial charge in [0.2, 0.25) is 23.6 Å². The summed E-state index contributed by atoms with van der Waals surface area (Å²) in [7, 11) is 0. The third kappa shape index (κ3) is 4.04. The summed E-state index contributed by atoms with van der Waals surface area (Å²) in [5, 5.41) is 2.84. The molecule has 7 nitrogen and oxygen atoms in total. The van der Waals surface area contributed by atoms with Crippen molar-refractivity contribution in [2.45, 2.75) is 51.5 Å². The first kappa shape index (κ1) is 19.6. The van der Waals surface area contributed by atoms with Crippen LogP contribution in [0.4, 0.5) is 5.69 Å². The second kappa shape index (κ2) is 8.35. The van der Waals surface area contributed by atoms with E-state index in [0.717, 1.165) is 49.9 Å². The highest BCUT2D eigenvalue weighted by atomic mass is 16.2. The van der Waals surface area contributed by atoms with Crippen molar-refractivity contribution < 1.29 is 19.2 Å². The van der Waals surface area contributed by atoms with E-state index in [9.17, 15) is 19.2 Å².